The van der Waals surface area contributed by atoms with E-state index in [1.165, 1.54) is 11.1 Å². The average molecular weight is 552 g/mol. The van der Waals surface area contributed by atoms with Crippen LogP contribution in [-0.2, 0) is 6.54 Å². The lowest BCUT2D eigenvalue weighted by Gasteiger charge is -2.20. The van der Waals surface area contributed by atoms with Crippen LogP contribution in [0.2, 0.25) is 0 Å². The summed E-state index contributed by atoms with van der Waals surface area (Å²) in [5.41, 5.74) is 3.56. The number of para-hydroxylation sites is 1. The quantitative estimate of drug-likeness (QED) is 0.188. The van der Waals surface area contributed by atoms with E-state index in [1.807, 2.05) is 47.0 Å². The van der Waals surface area contributed by atoms with Crippen LogP contribution in [0.4, 0.5) is 0 Å². The Morgan fingerprint density at radius 2 is 1.42 bits per heavy atom. The van der Waals surface area contributed by atoms with Gasteiger partial charge in [0.15, 0.2) is 11.8 Å². The molecule has 0 saturated carbocycles. The number of nitrogens with one attached hydrogen (secondary N) is 2. The molecule has 0 saturated heterocycles. The molecule has 0 aliphatic carbocycles. The largest absolute Gasteiger partial charge is 0.357 e. The lowest BCUT2D eigenvalue weighted by atomic mass is 9.91. The van der Waals surface area contributed by atoms with Gasteiger partial charge < -0.3 is 10.6 Å². The van der Waals surface area contributed by atoms with Crippen molar-refractivity contribution in [2.24, 2.45) is 4.99 Å². The predicted octanol–water partition coefficient (Wildman–Crippen LogP) is 4.77. The first kappa shape index (κ1) is 24.4. The van der Waals surface area contributed by atoms with Crippen LogP contribution in [0.15, 0.2) is 102 Å². The van der Waals surface area contributed by atoms with Gasteiger partial charge in [0.25, 0.3) is 0 Å². The molecule has 4 rings (SSSR count). The highest BCUT2D eigenvalue weighted by molar-refractivity contribution is 14.0. The minimum Gasteiger partial charge on any atom is -0.357 e. The molecule has 0 unspecified atom stereocenters. The third-order valence-electron chi connectivity index (χ3n) is 5.25. The molecule has 0 aliphatic heterocycles. The van der Waals surface area contributed by atoms with Crippen molar-refractivity contribution >= 4 is 29.9 Å². The van der Waals surface area contributed by atoms with E-state index in [1.54, 1.807) is 6.33 Å². The van der Waals surface area contributed by atoms with Gasteiger partial charge in [0.05, 0.1) is 0 Å². The molecule has 7 heteroatoms. The maximum Gasteiger partial charge on any atom is 0.191 e. The number of halogens is 1. The van der Waals surface area contributed by atoms with Crippen molar-refractivity contribution in [3.8, 4) is 5.69 Å². The monoisotopic (exact) mass is 552 g/mol. The zero-order chi connectivity index (χ0) is 22.0. The van der Waals surface area contributed by atoms with Gasteiger partial charge in [-0.25, -0.2) is 4.99 Å². The van der Waals surface area contributed by atoms with E-state index in [0.29, 0.717) is 6.54 Å². The normalized spacial score (nSPS) is 11.2. The Morgan fingerprint density at radius 1 is 0.848 bits per heavy atom. The van der Waals surface area contributed by atoms with Gasteiger partial charge in [-0.1, -0.05) is 78.9 Å². The molecule has 0 fully saturated rings. The first-order valence-electron chi connectivity index (χ1n) is 10.9. The molecule has 33 heavy (non-hydrogen) atoms. The van der Waals surface area contributed by atoms with Crippen LogP contribution < -0.4 is 10.6 Å². The van der Waals surface area contributed by atoms with E-state index in [4.69, 9.17) is 4.99 Å². The van der Waals surface area contributed by atoms with Gasteiger partial charge in [0.2, 0.25) is 0 Å². The Kier molecular flexibility index (Phi) is 9.44. The summed E-state index contributed by atoms with van der Waals surface area (Å²) in [6.07, 6.45) is 1.72. The predicted molar refractivity (Wildman–Crippen MR) is 144 cm³/mol. The number of hydrogen-bond donors (Lipinski definition) is 2. The summed E-state index contributed by atoms with van der Waals surface area (Å²) in [5.74, 6) is 1.76. The third-order valence-corrected chi connectivity index (χ3v) is 5.25. The standard InChI is InChI=1S/C26H28N6.HI/c1-2-27-26(29-19-25-31-30-20-32(25)23-16-10-5-11-17-23)28-18-24(21-12-6-3-7-13-21)22-14-8-4-9-15-22;/h3-17,20,24H,2,18-19H2,1H3,(H2,27,28,29);1H. The van der Waals surface area contributed by atoms with Gasteiger partial charge in [-0.15, -0.1) is 34.2 Å². The van der Waals surface area contributed by atoms with E-state index in [9.17, 15) is 0 Å². The first-order valence-corrected chi connectivity index (χ1v) is 10.9. The van der Waals surface area contributed by atoms with Crippen LogP contribution in [0, 0.1) is 0 Å². The molecular formula is C26H29IN6. The van der Waals surface area contributed by atoms with Crippen molar-refractivity contribution in [1.29, 1.82) is 0 Å². The second kappa shape index (κ2) is 12.7. The maximum absolute atomic E-state index is 4.77. The summed E-state index contributed by atoms with van der Waals surface area (Å²) in [5, 5.41) is 15.2. The van der Waals surface area contributed by atoms with Crippen LogP contribution >= 0.6 is 24.0 Å². The molecule has 4 aromatic rings. The van der Waals surface area contributed by atoms with E-state index in [-0.39, 0.29) is 29.9 Å². The van der Waals surface area contributed by atoms with Crippen LogP contribution in [0.1, 0.15) is 29.8 Å². The van der Waals surface area contributed by atoms with Gasteiger partial charge in [-0.2, -0.15) is 0 Å². The Morgan fingerprint density at radius 3 is 2.00 bits per heavy atom. The summed E-state index contributed by atoms with van der Waals surface area (Å²) in [6, 6.07) is 31.2. The van der Waals surface area contributed by atoms with Gasteiger partial charge >= 0.3 is 0 Å². The van der Waals surface area contributed by atoms with Crippen molar-refractivity contribution in [2.45, 2.75) is 19.4 Å². The van der Waals surface area contributed by atoms with Crippen LogP contribution in [0.25, 0.3) is 5.69 Å². The Labute approximate surface area is 212 Å². The Balaban J connectivity index is 0.00000306. The second-order valence-electron chi connectivity index (χ2n) is 7.40. The molecule has 0 bridgehead atoms. The smallest absolute Gasteiger partial charge is 0.191 e. The highest BCUT2D eigenvalue weighted by atomic mass is 127. The molecule has 0 aliphatic rings. The summed E-state index contributed by atoms with van der Waals surface area (Å²) in [7, 11) is 0. The van der Waals surface area contributed by atoms with E-state index in [2.05, 4.69) is 76.3 Å². The minimum atomic E-state index is 0. The van der Waals surface area contributed by atoms with Gasteiger partial charge in [-0.3, -0.25) is 4.57 Å². The molecule has 1 heterocycles. The molecule has 0 radical (unpaired) electrons. The number of hydrogen-bond acceptors (Lipinski definition) is 3. The lowest BCUT2D eigenvalue weighted by molar-refractivity contribution is 0.725. The Hall–Kier alpha value is -3.20. The summed E-state index contributed by atoms with van der Waals surface area (Å²) >= 11 is 0. The van der Waals surface area contributed by atoms with Crippen LogP contribution in [-0.4, -0.2) is 33.8 Å². The molecule has 3 aromatic carbocycles. The molecule has 2 N–H and O–H groups in total. The molecule has 0 amide bonds. The highest BCUT2D eigenvalue weighted by Crippen LogP contribution is 2.23. The van der Waals surface area contributed by atoms with Crippen molar-refractivity contribution in [1.82, 2.24) is 25.4 Å². The first-order chi connectivity index (χ1) is 15.8. The number of nitrogens with zero attached hydrogens (tertiary/aromatic N) is 4. The minimum absolute atomic E-state index is 0. The molecule has 6 nitrogen and oxygen atoms in total. The van der Waals surface area contributed by atoms with E-state index >= 15 is 0 Å². The highest BCUT2D eigenvalue weighted by Gasteiger charge is 2.14. The van der Waals surface area contributed by atoms with Gasteiger partial charge in [0, 0.05) is 24.7 Å². The van der Waals surface area contributed by atoms with Gasteiger partial charge in [0.1, 0.15) is 12.9 Å². The molecule has 170 valence electrons. The number of aliphatic imine (C=N–C) groups is 1. The number of aromatic nitrogens is 3. The molecular weight excluding hydrogens is 523 g/mol. The maximum atomic E-state index is 4.77. The third kappa shape index (κ3) is 6.64. The number of rotatable bonds is 8. The molecule has 0 spiro atoms. The van der Waals surface area contributed by atoms with Crippen molar-refractivity contribution < 1.29 is 0 Å². The fourth-order valence-corrected chi connectivity index (χ4v) is 3.66. The van der Waals surface area contributed by atoms with Crippen molar-refractivity contribution in [3.05, 3.63) is 114 Å². The van der Waals surface area contributed by atoms with E-state index in [0.717, 1.165) is 30.6 Å². The zero-order valence-electron chi connectivity index (χ0n) is 18.6. The molecule has 0 atom stereocenters. The fourth-order valence-electron chi connectivity index (χ4n) is 3.66. The topological polar surface area (TPSA) is 67.1 Å². The van der Waals surface area contributed by atoms with Gasteiger partial charge in [-0.05, 0) is 30.2 Å². The second-order valence-corrected chi connectivity index (χ2v) is 7.40. The van der Waals surface area contributed by atoms with E-state index < -0.39 is 0 Å². The Bertz CT molecular complexity index is 1070. The van der Waals surface area contributed by atoms with Crippen LogP contribution in [0.5, 0.6) is 0 Å². The average Bonchev–Trinajstić information content (AvgIpc) is 3.33. The summed E-state index contributed by atoms with van der Waals surface area (Å²) in [4.78, 5) is 4.77. The van der Waals surface area contributed by atoms with Crippen LogP contribution in [0.3, 0.4) is 0 Å². The number of benzene rings is 3. The number of guanidine groups is 1. The fraction of sp³-hybridized carbons (Fsp3) is 0.192. The SMILES string of the molecule is CCNC(=NCc1nncn1-c1ccccc1)NCC(c1ccccc1)c1ccccc1.I. The van der Waals surface area contributed by atoms with Crippen molar-refractivity contribution in [3.63, 3.8) is 0 Å². The molecule has 1 aromatic heterocycles. The lowest BCUT2D eigenvalue weighted by Crippen LogP contribution is -2.39. The zero-order valence-corrected chi connectivity index (χ0v) is 21.0. The summed E-state index contributed by atoms with van der Waals surface area (Å²) in [6.45, 7) is 3.99. The summed E-state index contributed by atoms with van der Waals surface area (Å²) < 4.78 is 1.96. The van der Waals surface area contributed by atoms with Crippen molar-refractivity contribution in [2.75, 3.05) is 13.1 Å².